The summed E-state index contributed by atoms with van der Waals surface area (Å²) < 4.78 is 27.6. The second kappa shape index (κ2) is 11.9. The SMILES string of the molecule is COC(=O)CCC(=O)OCC[C@H]1O[C@@H]([n+]2cccc(C(=O)O)c2)[C@H](OC(C)=O)[C@@H]1OC(C)=O. The predicted octanol–water partition coefficient (Wildman–Crippen LogP) is 0.320. The molecule has 0 saturated carbocycles. The second-order valence-corrected chi connectivity index (χ2v) is 7.14. The summed E-state index contributed by atoms with van der Waals surface area (Å²) in [5, 5.41) is 9.26. The van der Waals surface area contributed by atoms with Crippen molar-refractivity contribution in [3.63, 3.8) is 0 Å². The lowest BCUT2D eigenvalue weighted by atomic mass is 10.1. The van der Waals surface area contributed by atoms with E-state index in [0.717, 1.165) is 0 Å². The number of methoxy groups -OCH3 is 1. The summed E-state index contributed by atoms with van der Waals surface area (Å²) in [6.45, 7) is 2.23. The molecule has 4 atom stereocenters. The van der Waals surface area contributed by atoms with Gasteiger partial charge in [-0.1, -0.05) is 0 Å². The molecule has 1 aliphatic heterocycles. The van der Waals surface area contributed by atoms with Crippen molar-refractivity contribution in [2.24, 2.45) is 0 Å². The Labute approximate surface area is 189 Å². The van der Waals surface area contributed by atoms with Crippen molar-refractivity contribution >= 4 is 29.8 Å². The minimum Gasteiger partial charge on any atom is -0.477 e. The molecule has 1 aromatic rings. The Kier molecular flexibility index (Phi) is 9.28. The van der Waals surface area contributed by atoms with Crippen molar-refractivity contribution < 1.29 is 57.3 Å². The van der Waals surface area contributed by atoms with E-state index in [0.29, 0.717) is 0 Å². The summed E-state index contributed by atoms with van der Waals surface area (Å²) >= 11 is 0. The van der Waals surface area contributed by atoms with Crippen LogP contribution in [0.1, 0.15) is 49.7 Å². The number of carbonyl (C=O) groups excluding carboxylic acids is 4. The quantitative estimate of drug-likeness (QED) is 0.287. The lowest BCUT2D eigenvalue weighted by Gasteiger charge is -2.21. The van der Waals surface area contributed by atoms with Gasteiger partial charge in [0.1, 0.15) is 11.7 Å². The fraction of sp³-hybridized carbons (Fsp3) is 0.524. The number of rotatable bonds is 10. The van der Waals surface area contributed by atoms with E-state index in [1.807, 2.05) is 0 Å². The van der Waals surface area contributed by atoms with Crippen LogP contribution in [0.15, 0.2) is 24.5 Å². The van der Waals surface area contributed by atoms with Crippen LogP contribution in [0.4, 0.5) is 0 Å². The van der Waals surface area contributed by atoms with Crippen LogP contribution in [0.5, 0.6) is 0 Å². The summed E-state index contributed by atoms with van der Waals surface area (Å²) in [6.07, 6.45) is -1.35. The normalized spacial score (nSPS) is 21.7. The highest BCUT2D eigenvalue weighted by atomic mass is 16.6. The number of aromatic nitrogens is 1. The highest BCUT2D eigenvalue weighted by Gasteiger charge is 2.54. The standard InChI is InChI=1S/C21H25NO11/c1-12(23)31-18-15(8-10-30-17(26)7-6-16(25)29-3)33-20(19(18)32-13(2)24)22-9-4-5-14(11-22)21(27)28/h4-5,9,11,15,18-20H,6-8,10H2,1-3H3/p+1/t15-,18-,19-,20-/m1/s1. The van der Waals surface area contributed by atoms with Crippen LogP contribution in [0.25, 0.3) is 0 Å². The topological polar surface area (TPSA) is 156 Å². The molecule has 1 aliphatic rings. The van der Waals surface area contributed by atoms with Gasteiger partial charge < -0.3 is 28.8 Å². The molecule has 0 amide bonds. The van der Waals surface area contributed by atoms with Gasteiger partial charge in [-0.15, -0.1) is 0 Å². The number of pyridine rings is 1. The highest BCUT2D eigenvalue weighted by molar-refractivity contribution is 5.86. The van der Waals surface area contributed by atoms with E-state index in [1.165, 1.54) is 50.1 Å². The number of carboxylic acids is 1. The number of ether oxygens (including phenoxy) is 5. The van der Waals surface area contributed by atoms with Crippen molar-refractivity contribution in [2.75, 3.05) is 13.7 Å². The highest BCUT2D eigenvalue weighted by Crippen LogP contribution is 2.32. The molecule has 0 aliphatic carbocycles. The van der Waals surface area contributed by atoms with Crippen LogP contribution in [0, 0.1) is 0 Å². The molecule has 12 nitrogen and oxygen atoms in total. The van der Waals surface area contributed by atoms with Crippen LogP contribution in [0.2, 0.25) is 0 Å². The molecule has 12 heteroatoms. The Balaban J connectivity index is 2.17. The van der Waals surface area contributed by atoms with E-state index in [4.69, 9.17) is 18.9 Å². The van der Waals surface area contributed by atoms with Gasteiger partial charge in [0, 0.05) is 26.3 Å². The zero-order valence-corrected chi connectivity index (χ0v) is 18.4. The van der Waals surface area contributed by atoms with Gasteiger partial charge in [-0.2, -0.15) is 4.57 Å². The molecule has 0 spiro atoms. The van der Waals surface area contributed by atoms with Gasteiger partial charge in [0.05, 0.1) is 26.6 Å². The van der Waals surface area contributed by atoms with E-state index in [1.54, 1.807) is 0 Å². The molecule has 0 aromatic carbocycles. The van der Waals surface area contributed by atoms with Crippen LogP contribution in [0.3, 0.4) is 0 Å². The van der Waals surface area contributed by atoms with Gasteiger partial charge in [0.25, 0.3) is 0 Å². The van der Waals surface area contributed by atoms with Gasteiger partial charge in [-0.05, 0) is 6.07 Å². The van der Waals surface area contributed by atoms with Crippen molar-refractivity contribution in [3.8, 4) is 0 Å². The fourth-order valence-corrected chi connectivity index (χ4v) is 3.28. The lowest BCUT2D eigenvalue weighted by molar-refractivity contribution is -0.765. The molecule has 1 fully saturated rings. The maximum atomic E-state index is 11.8. The molecule has 0 unspecified atom stereocenters. The smallest absolute Gasteiger partial charge is 0.341 e. The maximum absolute atomic E-state index is 11.8. The molecule has 1 aromatic heterocycles. The first-order chi connectivity index (χ1) is 15.6. The van der Waals surface area contributed by atoms with Gasteiger partial charge in [0.2, 0.25) is 6.10 Å². The number of hydrogen-bond acceptors (Lipinski definition) is 10. The first kappa shape index (κ1) is 25.7. The summed E-state index contributed by atoms with van der Waals surface area (Å²) in [5.41, 5.74) is -0.0327. The third kappa shape index (κ3) is 7.52. The minimum absolute atomic E-state index is 0.0327. The maximum Gasteiger partial charge on any atom is 0.341 e. The first-order valence-corrected chi connectivity index (χ1v) is 10.1. The predicted molar refractivity (Wildman–Crippen MR) is 105 cm³/mol. The monoisotopic (exact) mass is 468 g/mol. The summed E-state index contributed by atoms with van der Waals surface area (Å²) in [5.74, 6) is -3.65. The Morgan fingerprint density at radius 3 is 2.27 bits per heavy atom. The van der Waals surface area contributed by atoms with Crippen LogP contribution in [-0.4, -0.2) is 67.0 Å². The molecule has 0 bridgehead atoms. The molecule has 1 N–H and O–H groups in total. The van der Waals surface area contributed by atoms with Crippen molar-refractivity contribution in [2.45, 2.75) is 57.6 Å². The van der Waals surface area contributed by atoms with Crippen LogP contribution in [-0.2, 0) is 42.9 Å². The summed E-state index contributed by atoms with van der Waals surface area (Å²) in [4.78, 5) is 57.7. The minimum atomic E-state index is -1.17. The van der Waals surface area contributed by atoms with Crippen molar-refractivity contribution in [1.29, 1.82) is 0 Å². The molecular weight excluding hydrogens is 442 g/mol. The Bertz CT molecular complexity index is 900. The van der Waals surface area contributed by atoms with Gasteiger partial charge in [-0.3, -0.25) is 19.2 Å². The number of nitrogens with zero attached hydrogens (tertiary/aromatic N) is 1. The van der Waals surface area contributed by atoms with Crippen LogP contribution < -0.4 is 4.57 Å². The molecular formula is C21H26NO11+. The average molecular weight is 468 g/mol. The van der Waals surface area contributed by atoms with Crippen molar-refractivity contribution in [1.82, 2.24) is 0 Å². The van der Waals surface area contributed by atoms with Crippen LogP contribution >= 0.6 is 0 Å². The largest absolute Gasteiger partial charge is 0.477 e. The molecule has 2 heterocycles. The van der Waals surface area contributed by atoms with Crippen molar-refractivity contribution in [3.05, 3.63) is 30.1 Å². The molecule has 0 radical (unpaired) electrons. The zero-order chi connectivity index (χ0) is 24.5. The third-order valence-corrected chi connectivity index (χ3v) is 4.68. The number of carboxylic acid groups (broad SMARTS) is 1. The Hall–Kier alpha value is -3.54. The van der Waals surface area contributed by atoms with Gasteiger partial charge in [-0.25, -0.2) is 4.79 Å². The lowest BCUT2D eigenvalue weighted by Crippen LogP contribution is -2.48. The molecule has 33 heavy (non-hydrogen) atoms. The number of carbonyl (C=O) groups is 5. The second-order valence-electron chi connectivity index (χ2n) is 7.14. The first-order valence-electron chi connectivity index (χ1n) is 10.1. The van der Waals surface area contributed by atoms with E-state index in [9.17, 15) is 29.1 Å². The summed E-state index contributed by atoms with van der Waals surface area (Å²) in [6, 6.07) is 2.86. The van der Waals surface area contributed by atoms with E-state index < -0.39 is 54.4 Å². The zero-order valence-electron chi connectivity index (χ0n) is 18.4. The number of aromatic carboxylic acids is 1. The Morgan fingerprint density at radius 1 is 1.03 bits per heavy atom. The van der Waals surface area contributed by atoms with Gasteiger partial charge in [0.15, 0.2) is 18.5 Å². The number of hydrogen-bond donors (Lipinski definition) is 1. The van der Waals surface area contributed by atoms with Gasteiger partial charge >= 0.3 is 36.1 Å². The van der Waals surface area contributed by atoms with E-state index in [-0.39, 0.29) is 31.4 Å². The molecule has 2 rings (SSSR count). The third-order valence-electron chi connectivity index (χ3n) is 4.68. The summed E-state index contributed by atoms with van der Waals surface area (Å²) in [7, 11) is 1.21. The Morgan fingerprint density at radius 2 is 1.67 bits per heavy atom. The van der Waals surface area contributed by atoms with E-state index >= 15 is 0 Å². The fourth-order valence-electron chi connectivity index (χ4n) is 3.28. The molecule has 1 saturated heterocycles. The van der Waals surface area contributed by atoms with E-state index in [2.05, 4.69) is 4.74 Å². The average Bonchev–Trinajstić information content (AvgIpc) is 3.08. The molecule has 180 valence electrons. The number of esters is 4.